The number of hydrogen-bond donors (Lipinski definition) is 2. The van der Waals surface area contributed by atoms with Crippen LogP contribution in [0.1, 0.15) is 24.8 Å². The SMILES string of the molecule is Cc1c(N)cc(Cl)cc1S(=O)(=O)NCCCOCC1CC1. The summed E-state index contributed by atoms with van der Waals surface area (Å²) in [4.78, 5) is 0.131. The Morgan fingerprint density at radius 1 is 1.43 bits per heavy atom. The molecule has 1 fully saturated rings. The van der Waals surface area contributed by atoms with Gasteiger partial charge >= 0.3 is 0 Å². The molecule has 21 heavy (non-hydrogen) atoms. The molecule has 1 saturated carbocycles. The fourth-order valence-electron chi connectivity index (χ4n) is 1.95. The Hall–Kier alpha value is -0.820. The van der Waals surface area contributed by atoms with Crippen LogP contribution in [-0.2, 0) is 14.8 Å². The molecule has 0 unspecified atom stereocenters. The minimum Gasteiger partial charge on any atom is -0.398 e. The Morgan fingerprint density at radius 3 is 2.81 bits per heavy atom. The Bertz CT molecular complexity index is 600. The van der Waals surface area contributed by atoms with E-state index in [0.717, 1.165) is 12.5 Å². The van der Waals surface area contributed by atoms with Crippen molar-refractivity contribution < 1.29 is 13.2 Å². The van der Waals surface area contributed by atoms with Gasteiger partial charge in [-0.3, -0.25) is 0 Å². The molecule has 0 radical (unpaired) electrons. The number of benzene rings is 1. The predicted molar refractivity (Wildman–Crippen MR) is 83.9 cm³/mol. The molecule has 0 atom stereocenters. The number of nitrogen functional groups attached to an aromatic ring is 1. The number of hydrogen-bond acceptors (Lipinski definition) is 4. The molecule has 3 N–H and O–H groups in total. The number of anilines is 1. The molecule has 0 aliphatic heterocycles. The average Bonchev–Trinajstić information content (AvgIpc) is 3.22. The zero-order chi connectivity index (χ0) is 15.5. The molecule has 1 aromatic rings. The lowest BCUT2D eigenvalue weighted by atomic mass is 10.2. The van der Waals surface area contributed by atoms with E-state index in [4.69, 9.17) is 22.1 Å². The van der Waals surface area contributed by atoms with Crippen LogP contribution in [0.3, 0.4) is 0 Å². The van der Waals surface area contributed by atoms with Crippen LogP contribution in [0.2, 0.25) is 5.02 Å². The van der Waals surface area contributed by atoms with Crippen LogP contribution in [0.15, 0.2) is 17.0 Å². The van der Waals surface area contributed by atoms with Crippen molar-refractivity contribution in [3.05, 3.63) is 22.7 Å². The highest BCUT2D eigenvalue weighted by Gasteiger charge is 2.21. The second-order valence-electron chi connectivity index (χ2n) is 5.39. The number of halogens is 1. The van der Waals surface area contributed by atoms with E-state index in [1.807, 2.05) is 0 Å². The fraction of sp³-hybridized carbons (Fsp3) is 0.571. The van der Waals surface area contributed by atoms with Gasteiger partial charge in [0.2, 0.25) is 10.0 Å². The van der Waals surface area contributed by atoms with Gasteiger partial charge in [0, 0.05) is 30.5 Å². The first kappa shape index (κ1) is 16.5. The number of nitrogens with two attached hydrogens (primary N) is 1. The third-order valence-corrected chi connectivity index (χ3v) is 5.27. The van der Waals surface area contributed by atoms with Crippen molar-refractivity contribution in [3.63, 3.8) is 0 Å². The lowest BCUT2D eigenvalue weighted by Crippen LogP contribution is -2.26. The van der Waals surface area contributed by atoms with Gasteiger partial charge in [-0.2, -0.15) is 0 Å². The molecule has 1 aliphatic carbocycles. The fourth-order valence-corrected chi connectivity index (χ4v) is 3.61. The monoisotopic (exact) mass is 332 g/mol. The minimum atomic E-state index is -3.60. The summed E-state index contributed by atoms with van der Waals surface area (Å²) < 4.78 is 32.5. The van der Waals surface area contributed by atoms with Crippen molar-refractivity contribution in [3.8, 4) is 0 Å². The summed E-state index contributed by atoms with van der Waals surface area (Å²) in [6.07, 6.45) is 3.14. The van der Waals surface area contributed by atoms with Crippen molar-refractivity contribution in [1.82, 2.24) is 4.72 Å². The maximum atomic E-state index is 12.2. The van der Waals surface area contributed by atoms with E-state index in [9.17, 15) is 8.42 Å². The predicted octanol–water partition coefficient (Wildman–Crippen LogP) is 2.33. The molecular formula is C14H21ClN2O3S. The van der Waals surface area contributed by atoms with E-state index in [2.05, 4.69) is 4.72 Å². The molecule has 0 amide bonds. The van der Waals surface area contributed by atoms with Gasteiger partial charge in [0.15, 0.2) is 0 Å². The molecule has 118 valence electrons. The molecule has 2 rings (SSSR count). The molecule has 0 saturated heterocycles. The molecule has 0 heterocycles. The minimum absolute atomic E-state index is 0.131. The number of rotatable bonds is 8. The molecule has 1 aliphatic rings. The smallest absolute Gasteiger partial charge is 0.240 e. The van der Waals surface area contributed by atoms with Crippen LogP contribution in [0.4, 0.5) is 5.69 Å². The van der Waals surface area contributed by atoms with Crippen molar-refractivity contribution >= 4 is 27.3 Å². The first-order chi connectivity index (χ1) is 9.90. The van der Waals surface area contributed by atoms with Crippen molar-refractivity contribution in [1.29, 1.82) is 0 Å². The molecule has 0 spiro atoms. The summed E-state index contributed by atoms with van der Waals surface area (Å²) in [5.41, 5.74) is 6.63. The summed E-state index contributed by atoms with van der Waals surface area (Å²) in [5.74, 6) is 0.721. The summed E-state index contributed by atoms with van der Waals surface area (Å²) in [5, 5.41) is 0.311. The molecular weight excluding hydrogens is 312 g/mol. The van der Waals surface area contributed by atoms with Crippen LogP contribution in [0.25, 0.3) is 0 Å². The highest BCUT2D eigenvalue weighted by Crippen LogP contribution is 2.28. The second-order valence-corrected chi connectivity index (χ2v) is 7.56. The van der Waals surface area contributed by atoms with Gasteiger partial charge in [0.1, 0.15) is 0 Å². The van der Waals surface area contributed by atoms with Gasteiger partial charge in [0.25, 0.3) is 0 Å². The number of nitrogens with one attached hydrogen (secondary N) is 1. The van der Waals surface area contributed by atoms with Gasteiger partial charge < -0.3 is 10.5 Å². The third kappa shape index (κ3) is 4.85. The largest absolute Gasteiger partial charge is 0.398 e. The van der Waals surface area contributed by atoms with E-state index >= 15 is 0 Å². The molecule has 0 aromatic heterocycles. The van der Waals surface area contributed by atoms with Gasteiger partial charge in [0.05, 0.1) is 4.90 Å². The van der Waals surface area contributed by atoms with E-state index < -0.39 is 10.0 Å². The van der Waals surface area contributed by atoms with Crippen LogP contribution in [-0.4, -0.2) is 28.2 Å². The number of ether oxygens (including phenoxy) is 1. The van der Waals surface area contributed by atoms with E-state index in [1.54, 1.807) is 13.0 Å². The highest BCUT2D eigenvalue weighted by molar-refractivity contribution is 7.89. The molecule has 1 aromatic carbocycles. The summed E-state index contributed by atoms with van der Waals surface area (Å²) in [6, 6.07) is 2.96. The zero-order valence-corrected chi connectivity index (χ0v) is 13.6. The van der Waals surface area contributed by atoms with Gasteiger partial charge in [-0.05, 0) is 49.8 Å². The van der Waals surface area contributed by atoms with E-state index in [-0.39, 0.29) is 4.90 Å². The normalized spacial score (nSPS) is 15.3. The van der Waals surface area contributed by atoms with Crippen LogP contribution in [0.5, 0.6) is 0 Å². The van der Waals surface area contributed by atoms with Crippen LogP contribution < -0.4 is 10.5 Å². The van der Waals surface area contributed by atoms with Gasteiger partial charge in [-0.1, -0.05) is 11.6 Å². The standard InChI is InChI=1S/C14H21ClN2O3S/c1-10-13(16)7-12(15)8-14(10)21(18,19)17-5-2-6-20-9-11-3-4-11/h7-8,11,17H,2-6,9,16H2,1H3. The van der Waals surface area contributed by atoms with Crippen LogP contribution >= 0.6 is 11.6 Å². The lowest BCUT2D eigenvalue weighted by Gasteiger charge is -2.11. The third-order valence-electron chi connectivity index (χ3n) is 3.46. The van der Waals surface area contributed by atoms with Crippen LogP contribution in [0, 0.1) is 12.8 Å². The Labute approximate surface area is 130 Å². The summed E-state index contributed by atoms with van der Waals surface area (Å²) >= 11 is 5.87. The van der Waals surface area contributed by atoms with Gasteiger partial charge in [-0.15, -0.1) is 0 Å². The van der Waals surface area contributed by atoms with Crippen molar-refractivity contribution in [2.75, 3.05) is 25.5 Å². The summed E-state index contributed by atoms with van der Waals surface area (Å²) in [6.45, 7) is 3.35. The lowest BCUT2D eigenvalue weighted by molar-refractivity contribution is 0.123. The Morgan fingerprint density at radius 2 is 2.14 bits per heavy atom. The second kappa shape index (κ2) is 6.96. The zero-order valence-electron chi connectivity index (χ0n) is 12.1. The Balaban J connectivity index is 1.86. The maximum Gasteiger partial charge on any atom is 0.240 e. The van der Waals surface area contributed by atoms with Gasteiger partial charge in [-0.25, -0.2) is 13.1 Å². The molecule has 0 bridgehead atoms. The Kier molecular flexibility index (Phi) is 5.48. The van der Waals surface area contributed by atoms with Crippen molar-refractivity contribution in [2.45, 2.75) is 31.1 Å². The van der Waals surface area contributed by atoms with E-state index in [1.165, 1.54) is 18.9 Å². The quantitative estimate of drug-likeness (QED) is 0.565. The topological polar surface area (TPSA) is 81.4 Å². The first-order valence-corrected chi connectivity index (χ1v) is 8.89. The maximum absolute atomic E-state index is 12.2. The molecule has 5 nitrogen and oxygen atoms in total. The van der Waals surface area contributed by atoms with Crippen molar-refractivity contribution in [2.24, 2.45) is 5.92 Å². The average molecular weight is 333 g/mol. The molecule has 7 heteroatoms. The first-order valence-electron chi connectivity index (χ1n) is 7.03. The summed E-state index contributed by atoms with van der Waals surface area (Å²) in [7, 11) is -3.60. The highest BCUT2D eigenvalue weighted by atomic mass is 35.5. The van der Waals surface area contributed by atoms with E-state index in [0.29, 0.717) is 35.8 Å². The number of sulfonamides is 1.